The Kier molecular flexibility index (Phi) is 11.4. The number of nitrogens with one attached hydrogen (secondary N) is 1. The number of aliphatic hydroxyl groups is 1. The fourth-order valence-electron chi connectivity index (χ4n) is 5.17. The smallest absolute Gasteiger partial charge is 0.303 e. The minimum Gasteiger partial charge on any atom is -0.481 e. The predicted octanol–water partition coefficient (Wildman–Crippen LogP) is 5.57. The van der Waals surface area contributed by atoms with Crippen molar-refractivity contribution in [2.45, 2.75) is 68.9 Å². The summed E-state index contributed by atoms with van der Waals surface area (Å²) in [5.41, 5.74) is 5.75. The molecule has 1 amide bonds. The van der Waals surface area contributed by atoms with Crippen LogP contribution in [0.4, 0.5) is 0 Å². The molecule has 2 heterocycles. The zero-order valence-corrected chi connectivity index (χ0v) is 26.0. The number of hydrogen-bond donors (Lipinski definition) is 3. The molecule has 4 aromatic rings. The Labute approximate surface area is 266 Å². The minimum atomic E-state index is -0.844. The van der Waals surface area contributed by atoms with Gasteiger partial charge < -0.3 is 29.6 Å². The highest BCUT2D eigenvalue weighted by Gasteiger charge is 2.32. The van der Waals surface area contributed by atoms with Crippen LogP contribution in [0, 0.1) is 0 Å². The van der Waals surface area contributed by atoms with Gasteiger partial charge in [0.15, 0.2) is 11.4 Å². The molecular formula is C34H38N4O6S. The molecule has 5 rings (SSSR count). The van der Waals surface area contributed by atoms with Crippen molar-refractivity contribution in [3.05, 3.63) is 101 Å². The summed E-state index contributed by atoms with van der Waals surface area (Å²) in [5, 5.41) is 30.2. The van der Waals surface area contributed by atoms with Crippen LogP contribution in [0.1, 0.15) is 66.8 Å². The largest absolute Gasteiger partial charge is 0.481 e. The maximum atomic E-state index is 12.2. The highest BCUT2D eigenvalue weighted by Crippen LogP contribution is 2.40. The van der Waals surface area contributed by atoms with Gasteiger partial charge in [-0.25, -0.2) is 0 Å². The minimum absolute atomic E-state index is 0.0105. The van der Waals surface area contributed by atoms with Crippen LogP contribution in [-0.2, 0) is 39.3 Å². The molecule has 1 fully saturated rings. The molecule has 1 saturated heterocycles. The third kappa shape index (κ3) is 9.24. The fraction of sp³-hybridized carbons (Fsp3) is 0.353. The number of amides is 1. The van der Waals surface area contributed by atoms with Gasteiger partial charge in [-0.3, -0.25) is 9.59 Å². The molecule has 1 aliphatic rings. The summed E-state index contributed by atoms with van der Waals surface area (Å²) in [4.78, 5) is 22.9. The average molecular weight is 631 g/mol. The van der Waals surface area contributed by atoms with Crippen LogP contribution < -0.4 is 5.32 Å². The highest BCUT2D eigenvalue weighted by atomic mass is 32.2. The van der Waals surface area contributed by atoms with Gasteiger partial charge in [-0.05, 0) is 52.8 Å². The molecule has 0 radical (unpaired) electrons. The summed E-state index contributed by atoms with van der Waals surface area (Å²) in [6.07, 6.45) is 2.89. The molecule has 1 aromatic heterocycles. The molecule has 0 bridgehead atoms. The van der Waals surface area contributed by atoms with Crippen molar-refractivity contribution >= 4 is 23.6 Å². The number of aryl methyl sites for hydroxylation is 1. The first kappa shape index (κ1) is 32.4. The number of thioether (sulfide) groups is 1. The van der Waals surface area contributed by atoms with Gasteiger partial charge >= 0.3 is 5.97 Å². The molecule has 0 aliphatic carbocycles. The van der Waals surface area contributed by atoms with Gasteiger partial charge in [-0.1, -0.05) is 72.4 Å². The van der Waals surface area contributed by atoms with Crippen LogP contribution in [0.25, 0.3) is 11.1 Å². The summed E-state index contributed by atoms with van der Waals surface area (Å²) in [6, 6.07) is 24.0. The third-order valence-corrected chi connectivity index (χ3v) is 8.80. The lowest BCUT2D eigenvalue weighted by molar-refractivity contribution is -0.245. The zero-order chi connectivity index (χ0) is 31.6. The molecule has 0 saturated carbocycles. The molecule has 45 heavy (non-hydrogen) atoms. The Morgan fingerprint density at radius 3 is 2.44 bits per heavy atom. The number of unbranched alkanes of at least 4 members (excludes halogenated alkanes) is 1. The van der Waals surface area contributed by atoms with Crippen LogP contribution in [0.5, 0.6) is 0 Å². The first-order valence-corrected chi connectivity index (χ1v) is 16.0. The van der Waals surface area contributed by atoms with E-state index in [0.29, 0.717) is 38.0 Å². The number of hydrogen-bond acceptors (Lipinski definition) is 8. The van der Waals surface area contributed by atoms with Crippen molar-refractivity contribution in [3.8, 4) is 11.1 Å². The van der Waals surface area contributed by atoms with E-state index in [1.165, 1.54) is 0 Å². The molecule has 3 atom stereocenters. The fourth-order valence-corrected chi connectivity index (χ4v) is 6.08. The second kappa shape index (κ2) is 15.8. The Morgan fingerprint density at radius 1 is 0.956 bits per heavy atom. The number of aromatic nitrogens is 3. The molecule has 0 unspecified atom stereocenters. The second-order valence-electron chi connectivity index (χ2n) is 11.1. The molecule has 1 aliphatic heterocycles. The highest BCUT2D eigenvalue weighted by molar-refractivity contribution is 7.99. The van der Waals surface area contributed by atoms with Gasteiger partial charge in [-0.15, -0.1) is 10.2 Å². The number of aliphatic hydroxyl groups excluding tert-OH is 1. The first-order chi connectivity index (χ1) is 21.9. The van der Waals surface area contributed by atoms with Gasteiger partial charge in [0, 0.05) is 44.2 Å². The van der Waals surface area contributed by atoms with Crippen molar-refractivity contribution in [2.75, 3.05) is 5.75 Å². The number of carboxylic acid groups (broad SMARTS) is 1. The van der Waals surface area contributed by atoms with Gasteiger partial charge in [0.05, 0.1) is 18.8 Å². The van der Waals surface area contributed by atoms with Crippen molar-refractivity contribution in [3.63, 3.8) is 0 Å². The number of carboxylic acids is 1. The molecule has 236 valence electrons. The molecule has 10 nitrogen and oxygen atoms in total. The van der Waals surface area contributed by atoms with Crippen LogP contribution in [0.2, 0.25) is 0 Å². The van der Waals surface area contributed by atoms with Gasteiger partial charge in [-0.2, -0.15) is 0 Å². The lowest BCUT2D eigenvalue weighted by Crippen LogP contribution is -2.31. The van der Waals surface area contributed by atoms with Crippen molar-refractivity contribution in [1.82, 2.24) is 20.1 Å². The summed E-state index contributed by atoms with van der Waals surface area (Å²) >= 11 is 1.60. The third-order valence-electron chi connectivity index (χ3n) is 7.64. The Balaban J connectivity index is 1.28. The van der Waals surface area contributed by atoms with E-state index < -0.39 is 12.3 Å². The van der Waals surface area contributed by atoms with Gasteiger partial charge in [0.2, 0.25) is 5.91 Å². The summed E-state index contributed by atoms with van der Waals surface area (Å²) in [5.74, 6) is -0.250. The van der Waals surface area contributed by atoms with E-state index in [0.717, 1.165) is 38.5 Å². The monoisotopic (exact) mass is 630 g/mol. The van der Waals surface area contributed by atoms with E-state index in [9.17, 15) is 14.7 Å². The molecule has 3 N–H and O–H groups in total. The Morgan fingerprint density at radius 2 is 1.71 bits per heavy atom. The predicted molar refractivity (Wildman–Crippen MR) is 170 cm³/mol. The maximum absolute atomic E-state index is 12.2. The van der Waals surface area contributed by atoms with Crippen molar-refractivity contribution < 1.29 is 29.3 Å². The maximum Gasteiger partial charge on any atom is 0.303 e. The van der Waals surface area contributed by atoms with E-state index in [1.54, 1.807) is 18.1 Å². The van der Waals surface area contributed by atoms with Crippen molar-refractivity contribution in [1.29, 1.82) is 0 Å². The van der Waals surface area contributed by atoms with Crippen LogP contribution in [0.15, 0.2) is 84.3 Å². The summed E-state index contributed by atoms with van der Waals surface area (Å²) < 4.78 is 15.0. The van der Waals surface area contributed by atoms with E-state index in [-0.39, 0.29) is 31.1 Å². The van der Waals surface area contributed by atoms with Crippen LogP contribution in [-0.4, -0.2) is 48.7 Å². The molecular weight excluding hydrogens is 592 g/mol. The van der Waals surface area contributed by atoms with Crippen LogP contribution in [0.3, 0.4) is 0 Å². The quantitative estimate of drug-likeness (QED) is 0.121. The Bertz CT molecular complexity index is 1580. The number of carbonyl (C=O) groups is 2. The second-order valence-corrected chi connectivity index (χ2v) is 12.1. The number of rotatable bonds is 14. The van der Waals surface area contributed by atoms with E-state index in [2.05, 4.69) is 27.6 Å². The average Bonchev–Trinajstić information content (AvgIpc) is 3.49. The normalized spacial score (nSPS) is 18.0. The zero-order valence-electron chi connectivity index (χ0n) is 25.2. The van der Waals surface area contributed by atoms with E-state index in [1.807, 2.05) is 72.3 Å². The molecule has 3 aromatic carbocycles. The number of carbonyl (C=O) groups excluding carboxylic acids is 1. The van der Waals surface area contributed by atoms with Gasteiger partial charge in [0.25, 0.3) is 0 Å². The van der Waals surface area contributed by atoms with Gasteiger partial charge in [0.1, 0.15) is 6.33 Å². The Hall–Kier alpha value is -4.03. The number of benzene rings is 3. The first-order valence-electron chi connectivity index (χ1n) is 15.0. The van der Waals surface area contributed by atoms with E-state index in [4.69, 9.17) is 14.6 Å². The van der Waals surface area contributed by atoms with E-state index >= 15 is 0 Å². The number of aliphatic carboxylic acids is 1. The molecule has 11 heteroatoms. The van der Waals surface area contributed by atoms with Crippen molar-refractivity contribution in [2.24, 2.45) is 7.05 Å². The lowest BCUT2D eigenvalue weighted by Gasteiger charge is -2.36. The lowest BCUT2D eigenvalue weighted by atomic mass is 9.99. The van der Waals surface area contributed by atoms with Crippen LogP contribution >= 0.6 is 11.8 Å². The summed E-state index contributed by atoms with van der Waals surface area (Å²) in [6.45, 7) is 0.380. The number of nitrogens with zero attached hydrogens (tertiary/aromatic N) is 3. The number of ether oxygens (including phenoxy) is 2. The topological polar surface area (TPSA) is 136 Å². The molecule has 0 spiro atoms. The summed E-state index contributed by atoms with van der Waals surface area (Å²) in [7, 11) is 1.92. The standard InChI is InChI=1S/C34H38N4O6S/c1-38-22-36-37-34(38)45-21-29-18-30(25-14-12-23(20-39)13-15-25)44-33(43-29)28-9-5-8-27(17-28)26-7-4-6-24(16-26)19-35-31(40)10-2-3-11-32(41)42/h4-9,12-17,22,29-30,33,39H,2-3,10-11,18-21H2,1H3,(H,35,40)(H,41,42)/t29-,30+,33+/m0/s1. The SMILES string of the molecule is Cn1cnnc1SC[C@@H]1C[C@H](c2ccc(CO)cc2)O[C@H](c2cccc(-c3cccc(CNC(=O)CCCCC(=O)O)c3)c2)O1.